The van der Waals surface area contributed by atoms with Crippen molar-refractivity contribution < 1.29 is 29.0 Å². The van der Waals surface area contributed by atoms with Gasteiger partial charge < -0.3 is 25.2 Å². The number of rotatable bonds is 13. The van der Waals surface area contributed by atoms with E-state index in [9.17, 15) is 14.4 Å². The fraction of sp³-hybridized carbons (Fsp3) is 0.750. The molecule has 3 N–H and O–H groups in total. The van der Waals surface area contributed by atoms with Gasteiger partial charge in [0.1, 0.15) is 6.61 Å². The lowest BCUT2D eigenvalue weighted by Gasteiger charge is -2.12. The van der Waals surface area contributed by atoms with Gasteiger partial charge in [0.05, 0.1) is 19.8 Å². The maximum Gasteiger partial charge on any atom is 0.303 e. The summed E-state index contributed by atoms with van der Waals surface area (Å²) < 4.78 is 10.2. The summed E-state index contributed by atoms with van der Waals surface area (Å²) >= 11 is 0. The number of carbonyl (C=O) groups excluding carboxylic acids is 2. The van der Waals surface area contributed by atoms with Crippen molar-refractivity contribution in [1.29, 1.82) is 0 Å². The Bertz CT molecular complexity index is 298. The van der Waals surface area contributed by atoms with Crippen molar-refractivity contribution in [1.82, 2.24) is 10.6 Å². The van der Waals surface area contributed by atoms with E-state index in [-0.39, 0.29) is 31.6 Å². The summed E-state index contributed by atoms with van der Waals surface area (Å²) in [7, 11) is 0. The molecule has 2 amide bonds. The lowest BCUT2D eigenvalue weighted by atomic mass is 10.2. The Morgan fingerprint density at radius 3 is 2.60 bits per heavy atom. The predicted molar refractivity (Wildman–Crippen MR) is 70.2 cm³/mol. The summed E-state index contributed by atoms with van der Waals surface area (Å²) in [6.45, 7) is 3.09. The molecule has 0 radical (unpaired) electrons. The van der Waals surface area contributed by atoms with Crippen LogP contribution in [0.3, 0.4) is 0 Å². The largest absolute Gasteiger partial charge is 0.481 e. The van der Waals surface area contributed by atoms with Crippen LogP contribution in [0.4, 0.5) is 0 Å². The zero-order valence-electron chi connectivity index (χ0n) is 11.6. The standard InChI is InChI=1S/C12H22N2O6/c1-10(2-3-12(17)18)14-11(16)8-20-7-6-19-5-4-13-9-15/h9-10H,2-8H2,1H3,(H,13,15)(H,14,16)(H,17,18). The number of carboxylic acids is 1. The third kappa shape index (κ3) is 12.8. The summed E-state index contributed by atoms with van der Waals surface area (Å²) in [6.07, 6.45) is 0.995. The zero-order valence-corrected chi connectivity index (χ0v) is 11.6. The number of carboxylic acid groups (broad SMARTS) is 1. The molecule has 0 saturated heterocycles. The van der Waals surface area contributed by atoms with Gasteiger partial charge in [-0.15, -0.1) is 0 Å². The normalized spacial score (nSPS) is 11.7. The Morgan fingerprint density at radius 1 is 1.25 bits per heavy atom. The molecular formula is C12H22N2O6. The number of hydrogen-bond acceptors (Lipinski definition) is 5. The van der Waals surface area contributed by atoms with E-state index >= 15 is 0 Å². The van der Waals surface area contributed by atoms with E-state index in [4.69, 9.17) is 14.6 Å². The van der Waals surface area contributed by atoms with Crippen molar-refractivity contribution in [3.8, 4) is 0 Å². The molecule has 0 fully saturated rings. The molecule has 0 aliphatic rings. The molecule has 0 saturated carbocycles. The van der Waals surface area contributed by atoms with E-state index in [1.165, 1.54) is 0 Å². The van der Waals surface area contributed by atoms with Crippen LogP contribution >= 0.6 is 0 Å². The van der Waals surface area contributed by atoms with E-state index in [1.807, 2.05) is 0 Å². The van der Waals surface area contributed by atoms with Crippen LogP contribution in [0, 0.1) is 0 Å². The topological polar surface area (TPSA) is 114 Å². The van der Waals surface area contributed by atoms with Crippen LogP contribution in [0.5, 0.6) is 0 Å². The van der Waals surface area contributed by atoms with Crippen LogP contribution in [0.15, 0.2) is 0 Å². The Labute approximate surface area is 117 Å². The van der Waals surface area contributed by atoms with Gasteiger partial charge in [0.15, 0.2) is 0 Å². The summed E-state index contributed by atoms with van der Waals surface area (Å²) in [6, 6.07) is -0.201. The molecule has 0 aliphatic carbocycles. The molecule has 0 aromatic rings. The third-order valence-electron chi connectivity index (χ3n) is 2.28. The molecule has 20 heavy (non-hydrogen) atoms. The Morgan fingerprint density at radius 2 is 1.95 bits per heavy atom. The van der Waals surface area contributed by atoms with Gasteiger partial charge in [-0.25, -0.2) is 0 Å². The average Bonchev–Trinajstić information content (AvgIpc) is 2.39. The van der Waals surface area contributed by atoms with Crippen molar-refractivity contribution in [3.63, 3.8) is 0 Å². The minimum Gasteiger partial charge on any atom is -0.481 e. The van der Waals surface area contributed by atoms with E-state index in [1.54, 1.807) is 6.92 Å². The maximum absolute atomic E-state index is 11.4. The van der Waals surface area contributed by atoms with Crippen LogP contribution in [-0.2, 0) is 23.9 Å². The predicted octanol–water partition coefficient (Wildman–Crippen LogP) is -0.865. The lowest BCUT2D eigenvalue weighted by Crippen LogP contribution is -2.35. The molecule has 0 heterocycles. The van der Waals surface area contributed by atoms with Gasteiger partial charge in [-0.3, -0.25) is 14.4 Å². The molecule has 1 atom stereocenters. The number of aliphatic carboxylic acids is 1. The minimum absolute atomic E-state index is 0.0188. The Hall–Kier alpha value is -1.67. The van der Waals surface area contributed by atoms with Gasteiger partial charge in [0, 0.05) is 19.0 Å². The van der Waals surface area contributed by atoms with E-state index < -0.39 is 5.97 Å². The average molecular weight is 290 g/mol. The van der Waals surface area contributed by atoms with E-state index in [0.717, 1.165) is 0 Å². The molecular weight excluding hydrogens is 268 g/mol. The molecule has 8 nitrogen and oxygen atoms in total. The molecule has 0 aliphatic heterocycles. The fourth-order valence-corrected chi connectivity index (χ4v) is 1.30. The molecule has 0 bridgehead atoms. The van der Waals surface area contributed by atoms with Crippen molar-refractivity contribution >= 4 is 18.3 Å². The van der Waals surface area contributed by atoms with Gasteiger partial charge in [-0.2, -0.15) is 0 Å². The monoisotopic (exact) mass is 290 g/mol. The van der Waals surface area contributed by atoms with Gasteiger partial charge in [0.25, 0.3) is 0 Å². The molecule has 0 rings (SSSR count). The van der Waals surface area contributed by atoms with E-state index in [2.05, 4.69) is 10.6 Å². The zero-order chi connectivity index (χ0) is 15.2. The summed E-state index contributed by atoms with van der Waals surface area (Å²) in [5, 5.41) is 13.6. The molecule has 1 unspecified atom stereocenters. The highest BCUT2D eigenvalue weighted by Gasteiger charge is 2.09. The second-order valence-corrected chi connectivity index (χ2v) is 4.14. The van der Waals surface area contributed by atoms with Crippen molar-refractivity contribution in [2.45, 2.75) is 25.8 Å². The van der Waals surface area contributed by atoms with Crippen LogP contribution in [-0.4, -0.2) is 62.4 Å². The first-order chi connectivity index (χ1) is 9.56. The summed E-state index contributed by atoms with van der Waals surface area (Å²) in [4.78, 5) is 31.7. The van der Waals surface area contributed by atoms with Gasteiger partial charge in [-0.05, 0) is 13.3 Å². The second kappa shape index (κ2) is 12.4. The smallest absolute Gasteiger partial charge is 0.303 e. The number of ether oxygens (including phenoxy) is 2. The van der Waals surface area contributed by atoms with Crippen molar-refractivity contribution in [2.24, 2.45) is 0 Å². The van der Waals surface area contributed by atoms with Gasteiger partial charge >= 0.3 is 5.97 Å². The Balaban J connectivity index is 3.39. The first-order valence-electron chi connectivity index (χ1n) is 6.40. The van der Waals surface area contributed by atoms with Gasteiger partial charge in [-0.1, -0.05) is 0 Å². The molecule has 8 heteroatoms. The molecule has 0 aromatic heterocycles. The maximum atomic E-state index is 11.4. The van der Waals surface area contributed by atoms with Crippen molar-refractivity contribution in [3.05, 3.63) is 0 Å². The van der Waals surface area contributed by atoms with E-state index in [0.29, 0.717) is 32.6 Å². The van der Waals surface area contributed by atoms with Gasteiger partial charge in [0.2, 0.25) is 12.3 Å². The van der Waals surface area contributed by atoms with Crippen LogP contribution in [0.25, 0.3) is 0 Å². The SMILES string of the molecule is CC(CCC(=O)O)NC(=O)COCCOCCNC=O. The number of amides is 2. The highest BCUT2D eigenvalue weighted by Crippen LogP contribution is 1.96. The first-order valence-corrected chi connectivity index (χ1v) is 6.40. The molecule has 116 valence electrons. The summed E-state index contributed by atoms with van der Waals surface area (Å²) in [5.74, 6) is -1.17. The second-order valence-electron chi connectivity index (χ2n) is 4.14. The Kier molecular flexibility index (Phi) is 11.3. The number of hydrogen-bond donors (Lipinski definition) is 3. The highest BCUT2D eigenvalue weighted by molar-refractivity contribution is 5.77. The minimum atomic E-state index is -0.886. The molecule has 0 aromatic carbocycles. The van der Waals surface area contributed by atoms with Crippen LogP contribution < -0.4 is 10.6 Å². The van der Waals surface area contributed by atoms with Crippen LogP contribution in [0.2, 0.25) is 0 Å². The van der Waals surface area contributed by atoms with Crippen LogP contribution in [0.1, 0.15) is 19.8 Å². The lowest BCUT2D eigenvalue weighted by molar-refractivity contribution is -0.137. The highest BCUT2D eigenvalue weighted by atomic mass is 16.5. The number of nitrogens with one attached hydrogen (secondary N) is 2. The molecule has 0 spiro atoms. The van der Waals surface area contributed by atoms with Crippen molar-refractivity contribution in [2.75, 3.05) is 33.0 Å². The summed E-state index contributed by atoms with van der Waals surface area (Å²) in [5.41, 5.74) is 0. The quantitative estimate of drug-likeness (QED) is 0.300. The fourth-order valence-electron chi connectivity index (χ4n) is 1.30. The number of carbonyl (C=O) groups is 3. The first kappa shape index (κ1) is 18.3. The third-order valence-corrected chi connectivity index (χ3v) is 2.28.